The lowest BCUT2D eigenvalue weighted by molar-refractivity contribution is 1.12. The number of halogens is 2. The third-order valence-corrected chi connectivity index (χ3v) is 3.55. The van der Waals surface area contributed by atoms with Crippen LogP contribution in [0.3, 0.4) is 0 Å². The molecule has 0 aliphatic rings. The summed E-state index contributed by atoms with van der Waals surface area (Å²) in [6, 6.07) is 11.6. The molecule has 0 saturated carbocycles. The third kappa shape index (κ3) is 2.89. The van der Waals surface area contributed by atoms with E-state index in [0.717, 1.165) is 5.69 Å². The van der Waals surface area contributed by atoms with Crippen molar-refractivity contribution < 1.29 is 0 Å². The van der Waals surface area contributed by atoms with Gasteiger partial charge in [-0.15, -0.1) is 0 Å². The second-order valence-electron chi connectivity index (χ2n) is 4.13. The van der Waals surface area contributed by atoms with E-state index in [-0.39, 0.29) is 0 Å². The van der Waals surface area contributed by atoms with Crippen LogP contribution in [-0.4, -0.2) is 0 Å². The molecule has 0 aromatic heterocycles. The lowest BCUT2D eigenvalue weighted by Crippen LogP contribution is -2.03. The minimum absolute atomic E-state index is 0.468. The van der Waals surface area contributed by atoms with Gasteiger partial charge in [0, 0.05) is 6.54 Å². The molecule has 0 amide bonds. The normalized spacial score (nSPS) is 10.4. The number of hydrogen-bond acceptors (Lipinski definition) is 2. The van der Waals surface area contributed by atoms with Gasteiger partial charge in [-0.2, -0.15) is 0 Å². The Labute approximate surface area is 117 Å². The zero-order chi connectivity index (χ0) is 13.1. The second kappa shape index (κ2) is 5.51. The molecule has 0 heterocycles. The average Bonchev–Trinajstić information content (AvgIpc) is 2.34. The molecule has 0 saturated heterocycles. The van der Waals surface area contributed by atoms with Crippen molar-refractivity contribution >= 4 is 34.6 Å². The predicted molar refractivity (Wildman–Crippen MR) is 79.4 cm³/mol. The van der Waals surface area contributed by atoms with E-state index in [2.05, 4.69) is 24.4 Å². The Bertz CT molecular complexity index is 568. The fourth-order valence-electron chi connectivity index (χ4n) is 1.71. The summed E-state index contributed by atoms with van der Waals surface area (Å²) in [5.74, 6) is 0. The monoisotopic (exact) mass is 280 g/mol. The highest BCUT2D eigenvalue weighted by atomic mass is 35.5. The summed E-state index contributed by atoms with van der Waals surface area (Å²) in [7, 11) is 0. The molecule has 4 heteroatoms. The highest BCUT2D eigenvalue weighted by Gasteiger charge is 2.05. The molecule has 2 rings (SSSR count). The Morgan fingerprint density at radius 2 is 1.78 bits per heavy atom. The van der Waals surface area contributed by atoms with Crippen LogP contribution in [0, 0.1) is 6.92 Å². The van der Waals surface area contributed by atoms with E-state index in [1.165, 1.54) is 11.1 Å². The number of rotatable bonds is 3. The van der Waals surface area contributed by atoms with Crippen LogP contribution in [-0.2, 0) is 6.54 Å². The fourth-order valence-corrected chi connectivity index (χ4v) is 2.05. The molecule has 0 aliphatic carbocycles. The van der Waals surface area contributed by atoms with Crippen LogP contribution in [0.2, 0.25) is 10.0 Å². The van der Waals surface area contributed by atoms with Gasteiger partial charge in [0.2, 0.25) is 0 Å². The Hall–Kier alpha value is -1.38. The first-order valence-corrected chi connectivity index (χ1v) is 6.36. The molecule has 0 radical (unpaired) electrons. The molecule has 0 fully saturated rings. The number of anilines is 2. The summed E-state index contributed by atoms with van der Waals surface area (Å²) in [5.41, 5.74) is 9.75. The van der Waals surface area contributed by atoms with E-state index in [4.69, 9.17) is 28.9 Å². The molecule has 0 bridgehead atoms. The van der Waals surface area contributed by atoms with Crippen LogP contribution in [0.5, 0.6) is 0 Å². The van der Waals surface area contributed by atoms with Gasteiger partial charge in [0.15, 0.2) is 0 Å². The summed E-state index contributed by atoms with van der Waals surface area (Å²) in [6.45, 7) is 2.78. The minimum Gasteiger partial charge on any atom is -0.397 e. The van der Waals surface area contributed by atoms with E-state index in [9.17, 15) is 0 Å². The SMILES string of the molecule is Cc1ccccc1CNc1cc(Cl)c(Cl)cc1N. The van der Waals surface area contributed by atoms with Crippen LogP contribution >= 0.6 is 23.2 Å². The van der Waals surface area contributed by atoms with Gasteiger partial charge in [0.1, 0.15) is 0 Å². The maximum atomic E-state index is 5.97. The molecular weight excluding hydrogens is 267 g/mol. The number of nitrogens with two attached hydrogens (primary N) is 1. The Balaban J connectivity index is 2.16. The number of nitrogens with one attached hydrogen (secondary N) is 1. The first kappa shape index (κ1) is 13.1. The summed E-state index contributed by atoms with van der Waals surface area (Å²) in [6.07, 6.45) is 0. The van der Waals surface area contributed by atoms with Gasteiger partial charge in [-0.3, -0.25) is 0 Å². The van der Waals surface area contributed by atoms with Gasteiger partial charge in [-0.25, -0.2) is 0 Å². The van der Waals surface area contributed by atoms with E-state index in [1.54, 1.807) is 12.1 Å². The van der Waals surface area contributed by atoms with Crippen LogP contribution < -0.4 is 11.1 Å². The van der Waals surface area contributed by atoms with Gasteiger partial charge < -0.3 is 11.1 Å². The molecule has 18 heavy (non-hydrogen) atoms. The molecule has 2 aromatic rings. The maximum absolute atomic E-state index is 5.97. The number of hydrogen-bond donors (Lipinski definition) is 2. The topological polar surface area (TPSA) is 38.0 Å². The molecule has 2 nitrogen and oxygen atoms in total. The molecule has 94 valence electrons. The third-order valence-electron chi connectivity index (χ3n) is 2.82. The number of nitrogen functional groups attached to an aromatic ring is 1. The van der Waals surface area contributed by atoms with Crippen molar-refractivity contribution in [1.29, 1.82) is 0 Å². The van der Waals surface area contributed by atoms with Crippen molar-refractivity contribution in [1.82, 2.24) is 0 Å². The van der Waals surface area contributed by atoms with Gasteiger partial charge in [0.05, 0.1) is 21.4 Å². The van der Waals surface area contributed by atoms with Crippen LogP contribution in [0.4, 0.5) is 11.4 Å². The fraction of sp³-hybridized carbons (Fsp3) is 0.143. The zero-order valence-electron chi connectivity index (χ0n) is 10.0. The number of aryl methyl sites for hydroxylation is 1. The van der Waals surface area contributed by atoms with Crippen molar-refractivity contribution in [2.24, 2.45) is 0 Å². The van der Waals surface area contributed by atoms with E-state index >= 15 is 0 Å². The van der Waals surface area contributed by atoms with Crippen LogP contribution in [0.15, 0.2) is 36.4 Å². The Morgan fingerprint density at radius 1 is 1.11 bits per heavy atom. The molecule has 0 unspecified atom stereocenters. The first-order valence-electron chi connectivity index (χ1n) is 5.61. The second-order valence-corrected chi connectivity index (χ2v) is 4.95. The molecule has 0 aliphatic heterocycles. The molecule has 3 N–H and O–H groups in total. The summed E-state index contributed by atoms with van der Waals surface area (Å²) in [5, 5.41) is 4.24. The van der Waals surface area contributed by atoms with Crippen molar-refractivity contribution in [2.45, 2.75) is 13.5 Å². The molecule has 2 aromatic carbocycles. The zero-order valence-corrected chi connectivity index (χ0v) is 11.5. The smallest absolute Gasteiger partial charge is 0.0614 e. The average molecular weight is 281 g/mol. The Morgan fingerprint density at radius 3 is 2.50 bits per heavy atom. The lowest BCUT2D eigenvalue weighted by atomic mass is 10.1. The van der Waals surface area contributed by atoms with E-state index < -0.39 is 0 Å². The van der Waals surface area contributed by atoms with Crippen molar-refractivity contribution in [3.05, 3.63) is 57.6 Å². The number of benzene rings is 2. The minimum atomic E-state index is 0.468. The summed E-state index contributed by atoms with van der Waals surface area (Å²) in [4.78, 5) is 0. The van der Waals surface area contributed by atoms with Gasteiger partial charge in [-0.05, 0) is 30.2 Å². The maximum Gasteiger partial charge on any atom is 0.0614 e. The quantitative estimate of drug-likeness (QED) is 0.813. The molecular formula is C14H14Cl2N2. The summed E-state index contributed by atoms with van der Waals surface area (Å²) >= 11 is 11.9. The van der Waals surface area contributed by atoms with E-state index in [0.29, 0.717) is 22.3 Å². The van der Waals surface area contributed by atoms with Crippen molar-refractivity contribution in [3.63, 3.8) is 0 Å². The largest absolute Gasteiger partial charge is 0.397 e. The van der Waals surface area contributed by atoms with Crippen molar-refractivity contribution in [3.8, 4) is 0 Å². The van der Waals surface area contributed by atoms with E-state index in [1.807, 2.05) is 12.1 Å². The molecule has 0 atom stereocenters. The summed E-state index contributed by atoms with van der Waals surface area (Å²) < 4.78 is 0. The predicted octanol–water partition coefficient (Wildman–Crippen LogP) is 4.50. The van der Waals surface area contributed by atoms with Gasteiger partial charge in [0.25, 0.3) is 0 Å². The first-order chi connectivity index (χ1) is 8.58. The molecule has 0 spiro atoms. The van der Waals surface area contributed by atoms with Gasteiger partial charge in [-0.1, -0.05) is 47.5 Å². The highest BCUT2D eigenvalue weighted by Crippen LogP contribution is 2.31. The Kier molecular flexibility index (Phi) is 4.00. The van der Waals surface area contributed by atoms with Crippen molar-refractivity contribution in [2.75, 3.05) is 11.1 Å². The van der Waals surface area contributed by atoms with Crippen LogP contribution in [0.1, 0.15) is 11.1 Å². The standard InChI is InChI=1S/C14H14Cl2N2/c1-9-4-2-3-5-10(9)8-18-14-7-12(16)11(15)6-13(14)17/h2-7,18H,8,17H2,1H3. The highest BCUT2D eigenvalue weighted by molar-refractivity contribution is 6.42. The van der Waals surface area contributed by atoms with Gasteiger partial charge >= 0.3 is 0 Å². The lowest BCUT2D eigenvalue weighted by Gasteiger charge is -2.12. The van der Waals surface area contributed by atoms with Crippen LogP contribution in [0.25, 0.3) is 0 Å².